The molecule has 0 bridgehead atoms. The maximum Gasteiger partial charge on any atom is 0.329 e. The van der Waals surface area contributed by atoms with Crippen molar-refractivity contribution < 1.29 is 61.7 Å². The zero-order valence-electron chi connectivity index (χ0n) is 33.7. The van der Waals surface area contributed by atoms with Gasteiger partial charge in [0.05, 0.1) is 6.10 Å². The molecule has 3 fully saturated rings. The highest BCUT2D eigenvalue weighted by Gasteiger charge is 2.47. The first-order valence-corrected chi connectivity index (χ1v) is 19.7. The van der Waals surface area contributed by atoms with Gasteiger partial charge in [-0.3, -0.25) is 24.0 Å². The molecule has 18 nitrogen and oxygen atoms in total. The number of hydrogen-bond donors (Lipinski definition) is 5. The number of cyclic esters (lactones) is 1. The number of hydrogen-bond acceptors (Lipinski definition) is 11. The third-order valence-electron chi connectivity index (χ3n) is 11.1. The molecule has 0 aromatic heterocycles. The van der Waals surface area contributed by atoms with Crippen molar-refractivity contribution >= 4 is 47.2 Å². The van der Waals surface area contributed by atoms with Crippen LogP contribution >= 0.6 is 0 Å². The lowest BCUT2D eigenvalue weighted by Crippen LogP contribution is -2.63. The van der Waals surface area contributed by atoms with E-state index in [1.807, 2.05) is 6.92 Å². The molecule has 0 saturated carbocycles. The van der Waals surface area contributed by atoms with E-state index < -0.39 is 108 Å². The van der Waals surface area contributed by atoms with Crippen LogP contribution in [0.3, 0.4) is 0 Å². The summed E-state index contributed by atoms with van der Waals surface area (Å²) in [5, 5.41) is 20.9. The lowest BCUT2D eigenvalue weighted by molar-refractivity contribution is -0.163. The van der Waals surface area contributed by atoms with Gasteiger partial charge in [-0.25, -0.2) is 18.4 Å². The fourth-order valence-corrected chi connectivity index (χ4v) is 8.12. The second-order valence-electron chi connectivity index (χ2n) is 15.7. The van der Waals surface area contributed by atoms with E-state index in [9.17, 15) is 47.4 Å². The molecule has 4 aliphatic rings. The molecule has 6 rings (SSSR count). The Balaban J connectivity index is 1.33. The number of fused-ring (bicyclic) bond motifs is 3. The number of carbonyl (C=O) groups is 7. The fraction of sp³-hybridized carbons (Fsp3) is 0.525. The molecule has 4 aliphatic heterocycles. The van der Waals surface area contributed by atoms with E-state index in [1.54, 1.807) is 6.07 Å². The maximum atomic E-state index is 14.6. The van der Waals surface area contributed by atoms with Crippen LogP contribution in [-0.2, 0) is 39.9 Å². The molecule has 60 heavy (non-hydrogen) atoms. The number of ether oxygens (including phenoxy) is 3. The van der Waals surface area contributed by atoms with E-state index in [4.69, 9.17) is 14.2 Å². The van der Waals surface area contributed by atoms with Crippen LogP contribution in [0.1, 0.15) is 52.5 Å². The summed E-state index contributed by atoms with van der Waals surface area (Å²) in [6.07, 6.45) is -2.69. The lowest BCUT2D eigenvalue weighted by atomic mass is 10.0. The molecule has 20 heteroatoms. The molecule has 0 unspecified atom stereocenters. The fourth-order valence-electron chi connectivity index (χ4n) is 8.12. The number of nitrogens with one attached hydrogen (secondary N) is 4. The zero-order chi connectivity index (χ0) is 43.6. The number of rotatable bonds is 7. The predicted molar refractivity (Wildman–Crippen MR) is 206 cm³/mol. The Morgan fingerprint density at radius 3 is 2.33 bits per heavy atom. The molecule has 2 aromatic rings. The number of anilines is 1. The number of halogens is 2. The van der Waals surface area contributed by atoms with Gasteiger partial charge in [0.15, 0.2) is 11.5 Å². The molecular formula is C40H49F2N7O11. The first-order chi connectivity index (χ1) is 28.4. The van der Waals surface area contributed by atoms with E-state index in [-0.39, 0.29) is 49.9 Å². The smallest absolute Gasteiger partial charge is 0.329 e. The van der Waals surface area contributed by atoms with Crippen LogP contribution < -0.4 is 30.7 Å². The summed E-state index contributed by atoms with van der Waals surface area (Å²) in [6, 6.07) is -2.10. The molecule has 0 spiro atoms. The zero-order valence-corrected chi connectivity index (χ0v) is 33.7. The SMILES string of the molecule is C[C@H]1C[C@H]2C(=O)O[C@@H](C)[C@H](NC(=O)[C@H](Cc3cc(F)cc(F)c3)NC(=O)Nc3ccc4c(c3)OCO4)C(=O)N3CCC[C@H]3C(=O)N(C)[C@@H]([C@H](C)O)C(=O)N[C@@H](C)C(=O)N2C1. The third-order valence-corrected chi connectivity index (χ3v) is 11.1. The summed E-state index contributed by atoms with van der Waals surface area (Å²) >= 11 is 0. The van der Waals surface area contributed by atoms with Gasteiger partial charge in [0.25, 0.3) is 0 Å². The largest absolute Gasteiger partial charge is 0.458 e. The van der Waals surface area contributed by atoms with Gasteiger partial charge in [-0.05, 0) is 75.8 Å². The first-order valence-electron chi connectivity index (χ1n) is 19.7. The van der Waals surface area contributed by atoms with E-state index >= 15 is 0 Å². The summed E-state index contributed by atoms with van der Waals surface area (Å²) < 4.78 is 45.2. The summed E-state index contributed by atoms with van der Waals surface area (Å²) in [7, 11) is 1.29. The quantitative estimate of drug-likeness (QED) is 0.245. The van der Waals surface area contributed by atoms with Gasteiger partial charge in [-0.15, -0.1) is 0 Å². The van der Waals surface area contributed by atoms with Crippen molar-refractivity contribution in [2.24, 2.45) is 5.92 Å². The topological polar surface area (TPSA) is 225 Å². The molecule has 4 heterocycles. The van der Waals surface area contributed by atoms with Crippen LogP contribution in [0.5, 0.6) is 11.5 Å². The molecule has 324 valence electrons. The number of urea groups is 1. The molecule has 9 atom stereocenters. The van der Waals surface area contributed by atoms with Gasteiger partial charge in [-0.1, -0.05) is 6.92 Å². The average molecular weight is 842 g/mol. The predicted octanol–water partition coefficient (Wildman–Crippen LogP) is 0.797. The van der Waals surface area contributed by atoms with Crippen molar-refractivity contribution in [1.29, 1.82) is 0 Å². The standard InChI is InChI=1S/C40H49F2N7O11/c1-19-11-29-39(56)60-22(4)32(38(55)48-10-6-7-28(48)37(54)47(5)33(21(3)50)35(52)43-20(2)36(53)49(29)17-19)46-34(51)27(14-23-12-24(41)15-25(42)13-23)45-40(57)44-26-8-9-30-31(16-26)59-18-58-30/h8-9,12-13,15-16,19-22,27-29,32-33,50H,6-7,10-11,14,17-18H2,1-5H3,(H,43,52)(H,46,51)(H2,44,45,57)/t19-,20-,21-,22-,27-,28-,29-,32-,33-/m0/s1. The van der Waals surface area contributed by atoms with Crippen molar-refractivity contribution in [3.8, 4) is 11.5 Å². The van der Waals surface area contributed by atoms with Crippen molar-refractivity contribution in [3.05, 3.63) is 53.6 Å². The number of carbonyl (C=O) groups excluding carboxylic acids is 7. The Morgan fingerprint density at radius 2 is 1.63 bits per heavy atom. The summed E-state index contributed by atoms with van der Waals surface area (Å²) in [4.78, 5) is 101. The van der Waals surface area contributed by atoms with Crippen molar-refractivity contribution in [2.75, 3.05) is 32.2 Å². The second-order valence-corrected chi connectivity index (χ2v) is 15.7. The number of amides is 7. The second kappa shape index (κ2) is 18.1. The average Bonchev–Trinajstić information content (AvgIpc) is 3.95. The Bertz CT molecular complexity index is 2020. The molecule has 5 N–H and O–H groups in total. The summed E-state index contributed by atoms with van der Waals surface area (Å²) in [5.74, 6) is -6.25. The number of aliphatic hydroxyl groups excluding tert-OH is 1. The first kappa shape index (κ1) is 43.5. The molecule has 3 saturated heterocycles. The Morgan fingerprint density at radius 1 is 0.933 bits per heavy atom. The van der Waals surface area contributed by atoms with Crippen LogP contribution in [0.4, 0.5) is 19.3 Å². The van der Waals surface area contributed by atoms with Crippen LogP contribution in [0, 0.1) is 17.6 Å². The Labute approximate surface area is 344 Å². The number of nitrogens with zero attached hydrogens (tertiary/aromatic N) is 3. The Hall–Kier alpha value is -6.05. The van der Waals surface area contributed by atoms with Gasteiger partial charge in [0, 0.05) is 44.4 Å². The van der Waals surface area contributed by atoms with Crippen LogP contribution in [0.2, 0.25) is 0 Å². The van der Waals surface area contributed by atoms with Gasteiger partial charge in [-0.2, -0.15) is 0 Å². The normalized spacial score (nSPS) is 27.1. The van der Waals surface area contributed by atoms with E-state index in [2.05, 4.69) is 21.3 Å². The van der Waals surface area contributed by atoms with Gasteiger partial charge < -0.3 is 55.3 Å². The van der Waals surface area contributed by atoms with Crippen molar-refractivity contribution in [1.82, 2.24) is 30.7 Å². The number of likely N-dealkylation sites (N-methyl/N-ethyl adjacent to an activating group) is 1. The van der Waals surface area contributed by atoms with E-state index in [1.165, 1.54) is 49.8 Å². The number of benzene rings is 2. The molecule has 7 amide bonds. The van der Waals surface area contributed by atoms with E-state index in [0.717, 1.165) is 17.0 Å². The van der Waals surface area contributed by atoms with Crippen LogP contribution in [0.25, 0.3) is 0 Å². The highest BCUT2D eigenvalue weighted by Crippen LogP contribution is 2.34. The maximum absolute atomic E-state index is 14.6. The number of esters is 1. The van der Waals surface area contributed by atoms with Gasteiger partial charge in [0.2, 0.25) is 36.3 Å². The van der Waals surface area contributed by atoms with Crippen LogP contribution in [-0.4, -0.2) is 137 Å². The van der Waals surface area contributed by atoms with Crippen molar-refractivity contribution in [2.45, 2.75) is 102 Å². The van der Waals surface area contributed by atoms with Crippen molar-refractivity contribution in [3.63, 3.8) is 0 Å². The number of aliphatic hydroxyl groups is 1. The minimum atomic E-state index is -1.71. The monoisotopic (exact) mass is 841 g/mol. The minimum absolute atomic E-state index is 0.0172. The lowest BCUT2D eigenvalue weighted by Gasteiger charge is -2.37. The van der Waals surface area contributed by atoms with E-state index in [0.29, 0.717) is 24.0 Å². The molecule has 2 aromatic carbocycles. The summed E-state index contributed by atoms with van der Waals surface area (Å²) in [5.41, 5.74) is 0.216. The molecule has 0 aliphatic carbocycles. The Kier molecular flexibility index (Phi) is 13.1. The summed E-state index contributed by atoms with van der Waals surface area (Å²) in [6.45, 7) is 5.99. The third kappa shape index (κ3) is 9.53. The molecule has 0 radical (unpaired) electrons. The highest BCUT2D eigenvalue weighted by atomic mass is 19.1. The highest BCUT2D eigenvalue weighted by molar-refractivity contribution is 5.99. The minimum Gasteiger partial charge on any atom is -0.458 e. The van der Waals surface area contributed by atoms with Gasteiger partial charge >= 0.3 is 12.0 Å². The molecular weight excluding hydrogens is 792 g/mol. The van der Waals surface area contributed by atoms with Gasteiger partial charge in [0.1, 0.15) is 54.0 Å². The van der Waals surface area contributed by atoms with Crippen LogP contribution in [0.15, 0.2) is 36.4 Å².